The van der Waals surface area contributed by atoms with E-state index < -0.39 is 11.9 Å². The topological polar surface area (TPSA) is 96.5 Å². The summed E-state index contributed by atoms with van der Waals surface area (Å²) in [6.07, 6.45) is 3.01. The number of anilines is 2. The molecule has 0 aromatic carbocycles. The van der Waals surface area contributed by atoms with Gasteiger partial charge in [0.05, 0.1) is 23.5 Å². The van der Waals surface area contributed by atoms with Gasteiger partial charge in [-0.3, -0.25) is 14.6 Å². The normalized spacial score (nSPS) is 20.1. The Hall–Kier alpha value is -2.11. The van der Waals surface area contributed by atoms with Crippen molar-refractivity contribution in [2.45, 2.75) is 6.42 Å². The van der Waals surface area contributed by atoms with Gasteiger partial charge >= 0.3 is 5.97 Å². The Labute approximate surface area is 91.7 Å². The van der Waals surface area contributed by atoms with Crippen LogP contribution in [-0.4, -0.2) is 28.5 Å². The van der Waals surface area contributed by atoms with Gasteiger partial charge in [-0.15, -0.1) is 0 Å². The largest absolute Gasteiger partial charge is 0.481 e. The summed E-state index contributed by atoms with van der Waals surface area (Å²) in [5.41, 5.74) is 6.61. The molecule has 84 valence electrons. The summed E-state index contributed by atoms with van der Waals surface area (Å²) < 4.78 is 0. The molecular formula is C10H11N3O3. The highest BCUT2D eigenvalue weighted by Crippen LogP contribution is 2.28. The summed E-state index contributed by atoms with van der Waals surface area (Å²) in [4.78, 5) is 27.7. The highest BCUT2D eigenvalue weighted by atomic mass is 16.4. The van der Waals surface area contributed by atoms with Gasteiger partial charge in [-0.1, -0.05) is 0 Å². The predicted molar refractivity (Wildman–Crippen MR) is 56.7 cm³/mol. The Morgan fingerprint density at radius 3 is 2.94 bits per heavy atom. The molecule has 2 heterocycles. The first-order valence-corrected chi connectivity index (χ1v) is 4.82. The summed E-state index contributed by atoms with van der Waals surface area (Å²) in [5.74, 6) is -1.85. The smallest absolute Gasteiger partial charge is 0.308 e. The average molecular weight is 221 g/mol. The fourth-order valence-electron chi connectivity index (χ4n) is 1.73. The van der Waals surface area contributed by atoms with E-state index in [0.29, 0.717) is 11.4 Å². The van der Waals surface area contributed by atoms with E-state index in [0.717, 1.165) is 0 Å². The average Bonchev–Trinajstić information content (AvgIpc) is 2.61. The zero-order valence-corrected chi connectivity index (χ0v) is 8.46. The predicted octanol–water partition coefficient (Wildman–Crippen LogP) is 0.101. The first kappa shape index (κ1) is 10.4. The Kier molecular flexibility index (Phi) is 2.47. The molecule has 1 aliphatic heterocycles. The Morgan fingerprint density at radius 2 is 2.38 bits per heavy atom. The fraction of sp³-hybridized carbons (Fsp3) is 0.300. The summed E-state index contributed by atoms with van der Waals surface area (Å²) in [6.45, 7) is 0.157. The second-order valence-electron chi connectivity index (χ2n) is 3.68. The van der Waals surface area contributed by atoms with Crippen LogP contribution in [0, 0.1) is 5.92 Å². The van der Waals surface area contributed by atoms with Gasteiger partial charge in [0.1, 0.15) is 0 Å². The minimum Gasteiger partial charge on any atom is -0.481 e. The molecule has 1 fully saturated rings. The molecule has 1 aromatic heterocycles. The van der Waals surface area contributed by atoms with Crippen molar-refractivity contribution in [2.75, 3.05) is 17.2 Å². The summed E-state index contributed by atoms with van der Waals surface area (Å²) in [5, 5.41) is 8.84. The molecule has 0 aliphatic carbocycles. The standard InChI is InChI=1S/C10H11N3O3/c11-7-1-2-12-4-8(7)13-5-6(10(15)16)3-9(13)14/h1-2,4,6H,3,5H2,(H2,11,12)(H,15,16). The van der Waals surface area contributed by atoms with Gasteiger partial charge in [-0.25, -0.2) is 0 Å². The number of hydrogen-bond donors (Lipinski definition) is 2. The van der Waals surface area contributed by atoms with Crippen LogP contribution in [0.15, 0.2) is 18.5 Å². The number of amides is 1. The molecule has 1 aliphatic rings. The first-order chi connectivity index (χ1) is 7.59. The quantitative estimate of drug-likeness (QED) is 0.738. The lowest BCUT2D eigenvalue weighted by molar-refractivity contribution is -0.141. The number of nitrogens with zero attached hydrogens (tertiary/aromatic N) is 2. The number of carboxylic acids is 1. The lowest BCUT2D eigenvalue weighted by Crippen LogP contribution is -2.26. The molecule has 6 nitrogen and oxygen atoms in total. The van der Waals surface area contributed by atoms with Gasteiger partial charge in [0.25, 0.3) is 0 Å². The van der Waals surface area contributed by atoms with Gasteiger partial charge in [0, 0.05) is 19.2 Å². The van der Waals surface area contributed by atoms with Crippen molar-refractivity contribution in [3.8, 4) is 0 Å². The Morgan fingerprint density at radius 1 is 1.62 bits per heavy atom. The minimum absolute atomic E-state index is 0.0175. The molecule has 0 bridgehead atoms. The maximum atomic E-state index is 11.6. The molecule has 16 heavy (non-hydrogen) atoms. The third-order valence-electron chi connectivity index (χ3n) is 2.60. The number of rotatable bonds is 2. The van der Waals surface area contributed by atoms with E-state index in [1.54, 1.807) is 6.07 Å². The SMILES string of the molecule is Nc1ccncc1N1CC(C(=O)O)CC1=O. The molecular weight excluding hydrogens is 210 g/mol. The summed E-state index contributed by atoms with van der Waals surface area (Å²) >= 11 is 0. The number of carbonyl (C=O) groups excluding carboxylic acids is 1. The highest BCUT2D eigenvalue weighted by Gasteiger charge is 2.35. The van der Waals surface area contributed by atoms with Crippen molar-refractivity contribution in [1.29, 1.82) is 0 Å². The summed E-state index contributed by atoms with van der Waals surface area (Å²) in [7, 11) is 0. The van der Waals surface area contributed by atoms with Crippen LogP contribution < -0.4 is 10.6 Å². The number of pyridine rings is 1. The van der Waals surface area contributed by atoms with Crippen molar-refractivity contribution >= 4 is 23.3 Å². The minimum atomic E-state index is -0.960. The lowest BCUT2D eigenvalue weighted by Gasteiger charge is -2.17. The van der Waals surface area contributed by atoms with Crippen molar-refractivity contribution in [3.05, 3.63) is 18.5 Å². The van der Waals surface area contributed by atoms with Crippen LogP contribution >= 0.6 is 0 Å². The van der Waals surface area contributed by atoms with Gasteiger partial charge < -0.3 is 15.7 Å². The van der Waals surface area contributed by atoms with E-state index in [1.165, 1.54) is 17.3 Å². The number of carbonyl (C=O) groups is 2. The third-order valence-corrected chi connectivity index (χ3v) is 2.60. The number of carboxylic acid groups (broad SMARTS) is 1. The van der Waals surface area contributed by atoms with Crippen LogP contribution in [-0.2, 0) is 9.59 Å². The molecule has 0 saturated carbocycles. The van der Waals surface area contributed by atoms with Crippen molar-refractivity contribution in [1.82, 2.24) is 4.98 Å². The van der Waals surface area contributed by atoms with E-state index in [1.807, 2.05) is 0 Å². The zero-order chi connectivity index (χ0) is 11.7. The number of hydrogen-bond acceptors (Lipinski definition) is 4. The number of nitrogen functional groups attached to an aromatic ring is 1. The molecule has 0 spiro atoms. The molecule has 1 aromatic rings. The molecule has 1 saturated heterocycles. The van der Waals surface area contributed by atoms with Gasteiger partial charge in [-0.05, 0) is 6.07 Å². The highest BCUT2D eigenvalue weighted by molar-refractivity contribution is 6.01. The van der Waals surface area contributed by atoms with Crippen LogP contribution in [0.2, 0.25) is 0 Å². The maximum absolute atomic E-state index is 11.6. The number of nitrogens with two attached hydrogens (primary N) is 1. The van der Waals surface area contributed by atoms with Crippen LogP contribution in [0.5, 0.6) is 0 Å². The molecule has 6 heteroatoms. The van der Waals surface area contributed by atoms with Crippen molar-refractivity contribution in [2.24, 2.45) is 5.92 Å². The van der Waals surface area contributed by atoms with E-state index >= 15 is 0 Å². The van der Waals surface area contributed by atoms with Crippen LogP contribution in [0.3, 0.4) is 0 Å². The molecule has 1 unspecified atom stereocenters. The Bertz CT molecular complexity index is 447. The third kappa shape index (κ3) is 1.69. The lowest BCUT2D eigenvalue weighted by atomic mass is 10.1. The molecule has 0 radical (unpaired) electrons. The first-order valence-electron chi connectivity index (χ1n) is 4.82. The number of aliphatic carboxylic acids is 1. The summed E-state index contributed by atoms with van der Waals surface area (Å²) in [6, 6.07) is 1.58. The van der Waals surface area contributed by atoms with E-state index in [-0.39, 0.29) is 18.9 Å². The molecule has 1 amide bonds. The van der Waals surface area contributed by atoms with E-state index in [4.69, 9.17) is 10.8 Å². The number of aromatic nitrogens is 1. The van der Waals surface area contributed by atoms with Crippen LogP contribution in [0.1, 0.15) is 6.42 Å². The molecule has 1 atom stereocenters. The molecule has 3 N–H and O–H groups in total. The maximum Gasteiger partial charge on any atom is 0.308 e. The second-order valence-corrected chi connectivity index (χ2v) is 3.68. The van der Waals surface area contributed by atoms with Gasteiger partial charge in [-0.2, -0.15) is 0 Å². The molecule has 2 rings (SSSR count). The van der Waals surface area contributed by atoms with Gasteiger partial charge in [0.15, 0.2) is 0 Å². The van der Waals surface area contributed by atoms with Crippen LogP contribution in [0.4, 0.5) is 11.4 Å². The van der Waals surface area contributed by atoms with Crippen molar-refractivity contribution < 1.29 is 14.7 Å². The second kappa shape index (κ2) is 3.80. The monoisotopic (exact) mass is 221 g/mol. The Balaban J connectivity index is 2.27. The van der Waals surface area contributed by atoms with E-state index in [2.05, 4.69) is 4.98 Å². The van der Waals surface area contributed by atoms with E-state index in [9.17, 15) is 9.59 Å². The van der Waals surface area contributed by atoms with Gasteiger partial charge in [0.2, 0.25) is 5.91 Å². The van der Waals surface area contributed by atoms with Crippen LogP contribution in [0.25, 0.3) is 0 Å². The zero-order valence-electron chi connectivity index (χ0n) is 8.46. The van der Waals surface area contributed by atoms with Crippen molar-refractivity contribution in [3.63, 3.8) is 0 Å². The fourth-order valence-corrected chi connectivity index (χ4v) is 1.73.